The average molecular weight is 273 g/mol. The zero-order valence-corrected chi connectivity index (χ0v) is 11.4. The Morgan fingerprint density at radius 2 is 2.00 bits per heavy atom. The summed E-state index contributed by atoms with van der Waals surface area (Å²) < 4.78 is 0. The third kappa shape index (κ3) is 2.35. The number of carbonyl (C=O) groups excluding carboxylic acids is 2. The van der Waals surface area contributed by atoms with Gasteiger partial charge in [-0.3, -0.25) is 9.59 Å². The summed E-state index contributed by atoms with van der Waals surface area (Å²) in [6, 6.07) is 8.34. The summed E-state index contributed by atoms with van der Waals surface area (Å²) in [6.07, 6.45) is 1.55. The van der Waals surface area contributed by atoms with E-state index >= 15 is 0 Å². The fourth-order valence-electron chi connectivity index (χ4n) is 2.89. The minimum Gasteiger partial charge on any atom is -0.370 e. The van der Waals surface area contributed by atoms with Crippen LogP contribution in [0.2, 0.25) is 0 Å². The van der Waals surface area contributed by atoms with E-state index in [4.69, 9.17) is 5.73 Å². The van der Waals surface area contributed by atoms with Crippen LogP contribution in [0.25, 0.3) is 0 Å². The zero-order chi connectivity index (χ0) is 14.1. The monoisotopic (exact) mass is 273 g/mol. The van der Waals surface area contributed by atoms with Crippen LogP contribution in [0.15, 0.2) is 24.3 Å². The molecule has 0 unspecified atom stereocenters. The Labute approximate surface area is 118 Å². The number of likely N-dealkylation sites (tertiary alicyclic amines) is 1. The number of anilines is 1. The Bertz CT molecular complexity index is 538. The lowest BCUT2D eigenvalue weighted by atomic mass is 9.99. The Balaban J connectivity index is 1.49. The van der Waals surface area contributed by atoms with Crippen LogP contribution < -0.4 is 10.6 Å². The molecule has 20 heavy (non-hydrogen) atoms. The van der Waals surface area contributed by atoms with Crippen LogP contribution in [0, 0.1) is 5.92 Å². The topological polar surface area (TPSA) is 66.6 Å². The summed E-state index contributed by atoms with van der Waals surface area (Å²) in [5, 5.41) is 0. The van der Waals surface area contributed by atoms with E-state index in [1.165, 1.54) is 11.3 Å². The predicted octanol–water partition coefficient (Wildman–Crippen LogP) is 0.383. The number of primary amides is 1. The molecule has 3 rings (SSSR count). The molecule has 5 nitrogen and oxygen atoms in total. The molecule has 1 aromatic carbocycles. The molecule has 2 heterocycles. The number of para-hydroxylation sites is 1. The van der Waals surface area contributed by atoms with E-state index in [0.29, 0.717) is 19.5 Å². The second-order valence-electron chi connectivity index (χ2n) is 5.51. The number of amides is 2. The van der Waals surface area contributed by atoms with E-state index in [1.807, 2.05) is 6.07 Å². The first-order valence-corrected chi connectivity index (χ1v) is 7.05. The van der Waals surface area contributed by atoms with Gasteiger partial charge in [0, 0.05) is 38.3 Å². The Kier molecular flexibility index (Phi) is 3.34. The fraction of sp³-hybridized carbons (Fsp3) is 0.467. The van der Waals surface area contributed by atoms with Crippen molar-refractivity contribution in [1.82, 2.24) is 4.90 Å². The van der Waals surface area contributed by atoms with Gasteiger partial charge in [-0.25, -0.2) is 0 Å². The first kappa shape index (κ1) is 13.0. The van der Waals surface area contributed by atoms with Crippen molar-refractivity contribution in [2.75, 3.05) is 31.1 Å². The number of benzene rings is 1. The van der Waals surface area contributed by atoms with Crippen LogP contribution >= 0.6 is 0 Å². The van der Waals surface area contributed by atoms with Crippen molar-refractivity contribution in [1.29, 1.82) is 0 Å². The lowest BCUT2D eigenvalue weighted by molar-refractivity contribution is -0.141. The molecule has 2 aliphatic heterocycles. The molecule has 0 spiro atoms. The summed E-state index contributed by atoms with van der Waals surface area (Å²) in [7, 11) is 0. The molecule has 5 heteroatoms. The molecule has 0 atom stereocenters. The highest BCUT2D eigenvalue weighted by atomic mass is 16.2. The minimum atomic E-state index is -0.303. The van der Waals surface area contributed by atoms with Crippen LogP contribution in [-0.2, 0) is 16.0 Å². The maximum absolute atomic E-state index is 12.0. The van der Waals surface area contributed by atoms with E-state index in [9.17, 15) is 9.59 Å². The highest BCUT2D eigenvalue weighted by molar-refractivity contribution is 5.83. The van der Waals surface area contributed by atoms with Gasteiger partial charge in [-0.2, -0.15) is 0 Å². The van der Waals surface area contributed by atoms with Crippen LogP contribution in [0.4, 0.5) is 5.69 Å². The van der Waals surface area contributed by atoms with Gasteiger partial charge in [-0.1, -0.05) is 18.2 Å². The maximum atomic E-state index is 12.0. The zero-order valence-electron chi connectivity index (χ0n) is 11.4. The Morgan fingerprint density at radius 3 is 2.75 bits per heavy atom. The van der Waals surface area contributed by atoms with Gasteiger partial charge >= 0.3 is 0 Å². The summed E-state index contributed by atoms with van der Waals surface area (Å²) in [5.74, 6) is -0.333. The summed E-state index contributed by atoms with van der Waals surface area (Å²) >= 11 is 0. The van der Waals surface area contributed by atoms with Gasteiger partial charge in [-0.05, 0) is 18.1 Å². The molecule has 0 bridgehead atoms. The lowest BCUT2D eigenvalue weighted by Crippen LogP contribution is -2.55. The molecule has 0 saturated carbocycles. The van der Waals surface area contributed by atoms with E-state index < -0.39 is 0 Å². The van der Waals surface area contributed by atoms with E-state index in [0.717, 1.165) is 19.5 Å². The molecule has 1 aromatic rings. The average Bonchev–Trinajstić information content (AvgIpc) is 2.77. The number of rotatable bonds is 4. The molecule has 1 saturated heterocycles. The third-order valence-corrected chi connectivity index (χ3v) is 4.22. The molecule has 0 aliphatic carbocycles. The number of nitrogens with zero attached hydrogens (tertiary/aromatic N) is 2. The van der Waals surface area contributed by atoms with Gasteiger partial charge in [0.15, 0.2) is 0 Å². The largest absolute Gasteiger partial charge is 0.370 e. The van der Waals surface area contributed by atoms with E-state index in [2.05, 4.69) is 23.1 Å². The molecular formula is C15H19N3O2. The minimum absolute atomic E-state index is 0.117. The van der Waals surface area contributed by atoms with Crippen LogP contribution in [0.1, 0.15) is 12.0 Å². The summed E-state index contributed by atoms with van der Waals surface area (Å²) in [6.45, 7) is 2.71. The lowest BCUT2D eigenvalue weighted by Gasteiger charge is -2.37. The van der Waals surface area contributed by atoms with Gasteiger partial charge in [0.2, 0.25) is 11.8 Å². The van der Waals surface area contributed by atoms with Crippen LogP contribution in [0.3, 0.4) is 0 Å². The van der Waals surface area contributed by atoms with Crippen LogP contribution in [0.5, 0.6) is 0 Å². The standard InChI is InChI=1S/C15H19N3O2/c16-15(20)12-9-18(10-12)14(19)6-8-17-7-5-11-3-1-2-4-13(11)17/h1-4,12H,5-10H2,(H2,16,20). The Morgan fingerprint density at radius 1 is 1.25 bits per heavy atom. The smallest absolute Gasteiger partial charge is 0.224 e. The highest BCUT2D eigenvalue weighted by Crippen LogP contribution is 2.27. The SMILES string of the molecule is NC(=O)C1CN(C(=O)CCN2CCc3ccccc32)C1. The number of hydrogen-bond acceptors (Lipinski definition) is 3. The molecule has 2 aliphatic rings. The highest BCUT2D eigenvalue weighted by Gasteiger charge is 2.34. The normalized spacial score (nSPS) is 17.8. The number of nitrogens with two attached hydrogens (primary N) is 1. The van der Waals surface area contributed by atoms with Crippen molar-refractivity contribution in [2.45, 2.75) is 12.8 Å². The van der Waals surface area contributed by atoms with Crippen molar-refractivity contribution in [3.8, 4) is 0 Å². The van der Waals surface area contributed by atoms with Crippen molar-refractivity contribution in [3.63, 3.8) is 0 Å². The van der Waals surface area contributed by atoms with Crippen molar-refractivity contribution in [3.05, 3.63) is 29.8 Å². The van der Waals surface area contributed by atoms with Gasteiger partial charge in [0.25, 0.3) is 0 Å². The molecular weight excluding hydrogens is 254 g/mol. The van der Waals surface area contributed by atoms with Crippen LogP contribution in [-0.4, -0.2) is 42.9 Å². The molecule has 2 N–H and O–H groups in total. The number of fused-ring (bicyclic) bond motifs is 1. The van der Waals surface area contributed by atoms with E-state index in [-0.39, 0.29) is 17.7 Å². The first-order valence-electron chi connectivity index (χ1n) is 7.05. The molecule has 2 amide bonds. The maximum Gasteiger partial charge on any atom is 0.224 e. The molecule has 0 aromatic heterocycles. The molecule has 106 valence electrons. The van der Waals surface area contributed by atoms with Gasteiger partial charge in [-0.15, -0.1) is 0 Å². The van der Waals surface area contributed by atoms with Gasteiger partial charge in [0.05, 0.1) is 5.92 Å². The second-order valence-corrected chi connectivity index (χ2v) is 5.51. The number of carbonyl (C=O) groups is 2. The summed E-state index contributed by atoms with van der Waals surface area (Å²) in [5.41, 5.74) is 7.81. The summed E-state index contributed by atoms with van der Waals surface area (Å²) in [4.78, 5) is 26.9. The van der Waals surface area contributed by atoms with Crippen molar-refractivity contribution in [2.24, 2.45) is 11.7 Å². The van der Waals surface area contributed by atoms with E-state index in [1.54, 1.807) is 4.90 Å². The third-order valence-electron chi connectivity index (χ3n) is 4.22. The van der Waals surface area contributed by atoms with Crippen molar-refractivity contribution < 1.29 is 9.59 Å². The fourth-order valence-corrected chi connectivity index (χ4v) is 2.89. The Hall–Kier alpha value is -2.04. The van der Waals surface area contributed by atoms with Gasteiger partial charge < -0.3 is 15.5 Å². The molecule has 1 fully saturated rings. The quantitative estimate of drug-likeness (QED) is 0.862. The first-order chi connectivity index (χ1) is 9.65. The number of hydrogen-bond donors (Lipinski definition) is 1. The molecule has 0 radical (unpaired) electrons. The van der Waals surface area contributed by atoms with Crippen molar-refractivity contribution >= 4 is 17.5 Å². The van der Waals surface area contributed by atoms with Gasteiger partial charge in [0.1, 0.15) is 0 Å². The second kappa shape index (κ2) is 5.15. The predicted molar refractivity (Wildman–Crippen MR) is 76.2 cm³/mol.